The second-order valence-corrected chi connectivity index (χ2v) is 4.23. The summed E-state index contributed by atoms with van der Waals surface area (Å²) in [6, 6.07) is 16.3. The van der Waals surface area contributed by atoms with E-state index in [9.17, 15) is 0 Å². The van der Waals surface area contributed by atoms with Gasteiger partial charge < -0.3 is 14.4 Å². The van der Waals surface area contributed by atoms with Crippen LogP contribution in [0.5, 0.6) is 5.75 Å². The van der Waals surface area contributed by atoms with E-state index in [0.717, 1.165) is 11.4 Å². The highest BCUT2D eigenvalue weighted by atomic mass is 16.5. The third-order valence-corrected chi connectivity index (χ3v) is 3.14. The lowest BCUT2D eigenvalue weighted by Crippen LogP contribution is -2.26. The first-order chi connectivity index (χ1) is 8.88. The van der Waals surface area contributed by atoms with Gasteiger partial charge in [0.05, 0.1) is 13.7 Å². The first-order valence-electron chi connectivity index (χ1n) is 5.96. The Morgan fingerprint density at radius 2 is 1.83 bits per heavy atom. The third kappa shape index (κ3) is 1.93. The van der Waals surface area contributed by atoms with Crippen LogP contribution in [0.1, 0.15) is 5.56 Å². The molecule has 3 heteroatoms. The van der Waals surface area contributed by atoms with E-state index in [2.05, 4.69) is 23.1 Å². The second kappa shape index (κ2) is 4.70. The summed E-state index contributed by atoms with van der Waals surface area (Å²) in [5.41, 5.74) is 3.55. The highest BCUT2D eigenvalue weighted by molar-refractivity contribution is 5.67. The number of hydrogen-bond donors (Lipinski definition) is 0. The lowest BCUT2D eigenvalue weighted by molar-refractivity contribution is 0.117. The number of methoxy groups -OCH3 is 1. The molecule has 18 heavy (non-hydrogen) atoms. The molecule has 1 aliphatic rings. The number of fused-ring (bicyclic) bond motifs is 1. The summed E-state index contributed by atoms with van der Waals surface area (Å²) < 4.78 is 10.8. The molecule has 1 aliphatic heterocycles. The van der Waals surface area contributed by atoms with Crippen LogP contribution in [0, 0.1) is 0 Å². The Balaban J connectivity index is 1.97. The van der Waals surface area contributed by atoms with E-state index in [1.165, 1.54) is 11.3 Å². The molecule has 0 N–H and O–H groups in total. The highest BCUT2D eigenvalue weighted by Crippen LogP contribution is 2.32. The molecule has 0 aliphatic carbocycles. The Morgan fingerprint density at radius 3 is 2.61 bits per heavy atom. The molecule has 92 valence electrons. The molecule has 0 spiro atoms. The third-order valence-electron chi connectivity index (χ3n) is 3.14. The number of ether oxygens (including phenoxy) is 2. The zero-order valence-corrected chi connectivity index (χ0v) is 10.3. The summed E-state index contributed by atoms with van der Waals surface area (Å²) in [6.45, 7) is 1.27. The largest absolute Gasteiger partial charge is 0.497 e. The monoisotopic (exact) mass is 241 g/mol. The molecule has 2 aromatic rings. The van der Waals surface area contributed by atoms with Gasteiger partial charge in [0.15, 0.2) is 0 Å². The normalized spacial score (nSPS) is 14.2. The van der Waals surface area contributed by atoms with E-state index in [1.807, 2.05) is 30.3 Å². The summed E-state index contributed by atoms with van der Waals surface area (Å²) in [5.74, 6) is 0.866. The molecule has 0 amide bonds. The van der Waals surface area contributed by atoms with Gasteiger partial charge in [-0.25, -0.2) is 0 Å². The van der Waals surface area contributed by atoms with Crippen LogP contribution in [0.3, 0.4) is 0 Å². The Labute approximate surface area is 107 Å². The van der Waals surface area contributed by atoms with E-state index in [0.29, 0.717) is 13.3 Å². The molecular formula is C15H15NO2. The Kier molecular flexibility index (Phi) is 2.90. The minimum Gasteiger partial charge on any atom is -0.497 e. The molecule has 0 unspecified atom stereocenters. The van der Waals surface area contributed by atoms with Gasteiger partial charge in [-0.15, -0.1) is 0 Å². The molecule has 3 rings (SSSR count). The average Bonchev–Trinajstić information content (AvgIpc) is 2.47. The first-order valence-corrected chi connectivity index (χ1v) is 5.96. The van der Waals surface area contributed by atoms with Gasteiger partial charge in [-0.1, -0.05) is 18.2 Å². The second-order valence-electron chi connectivity index (χ2n) is 4.23. The topological polar surface area (TPSA) is 21.7 Å². The van der Waals surface area contributed by atoms with E-state index in [-0.39, 0.29) is 0 Å². The van der Waals surface area contributed by atoms with Crippen LogP contribution in [0.15, 0.2) is 48.5 Å². The molecular weight excluding hydrogens is 226 g/mol. The predicted molar refractivity (Wildman–Crippen MR) is 71.2 cm³/mol. The Bertz CT molecular complexity index is 536. The van der Waals surface area contributed by atoms with Gasteiger partial charge in [0.1, 0.15) is 12.5 Å². The molecule has 0 radical (unpaired) electrons. The quantitative estimate of drug-likeness (QED) is 0.805. The van der Waals surface area contributed by atoms with Crippen molar-refractivity contribution in [3.8, 4) is 5.75 Å². The van der Waals surface area contributed by atoms with Crippen LogP contribution in [0.4, 0.5) is 11.4 Å². The maximum Gasteiger partial charge on any atom is 0.123 e. The Morgan fingerprint density at radius 1 is 1.06 bits per heavy atom. The van der Waals surface area contributed by atoms with Crippen LogP contribution in [-0.4, -0.2) is 13.8 Å². The molecule has 2 aromatic carbocycles. The van der Waals surface area contributed by atoms with Crippen molar-refractivity contribution in [2.45, 2.75) is 6.61 Å². The van der Waals surface area contributed by atoms with Gasteiger partial charge in [-0.05, 0) is 30.3 Å². The number of hydrogen-bond acceptors (Lipinski definition) is 3. The fourth-order valence-electron chi connectivity index (χ4n) is 2.19. The number of nitrogens with zero attached hydrogens (tertiary/aromatic N) is 1. The summed E-state index contributed by atoms with van der Waals surface area (Å²) in [5, 5.41) is 0. The Hall–Kier alpha value is -2.00. The van der Waals surface area contributed by atoms with Crippen LogP contribution in [0.2, 0.25) is 0 Å². The standard InChI is InChI=1S/C15H15NO2/c1-17-14-8-6-13(7-9-14)16-11-18-10-12-4-2-3-5-15(12)16/h2-9H,10-11H2,1H3. The van der Waals surface area contributed by atoms with Crippen molar-refractivity contribution in [3.63, 3.8) is 0 Å². The van der Waals surface area contributed by atoms with E-state index in [1.54, 1.807) is 7.11 Å². The molecule has 0 aromatic heterocycles. The fourth-order valence-corrected chi connectivity index (χ4v) is 2.19. The fraction of sp³-hybridized carbons (Fsp3) is 0.200. The van der Waals surface area contributed by atoms with Crippen molar-refractivity contribution >= 4 is 11.4 Å². The number of anilines is 2. The summed E-state index contributed by atoms with van der Waals surface area (Å²) in [4.78, 5) is 2.16. The van der Waals surface area contributed by atoms with Gasteiger partial charge in [0, 0.05) is 16.9 Å². The van der Waals surface area contributed by atoms with E-state index in [4.69, 9.17) is 9.47 Å². The van der Waals surface area contributed by atoms with Crippen molar-refractivity contribution in [2.75, 3.05) is 18.7 Å². The van der Waals surface area contributed by atoms with Crippen molar-refractivity contribution < 1.29 is 9.47 Å². The molecule has 1 heterocycles. The summed E-state index contributed by atoms with van der Waals surface area (Å²) in [6.07, 6.45) is 0. The molecule has 0 saturated heterocycles. The zero-order valence-electron chi connectivity index (χ0n) is 10.3. The van der Waals surface area contributed by atoms with Gasteiger partial charge in [0.2, 0.25) is 0 Å². The molecule has 0 atom stereocenters. The van der Waals surface area contributed by atoms with Gasteiger partial charge in [-0.3, -0.25) is 0 Å². The lowest BCUT2D eigenvalue weighted by atomic mass is 10.1. The van der Waals surface area contributed by atoms with Gasteiger partial charge in [-0.2, -0.15) is 0 Å². The zero-order chi connectivity index (χ0) is 12.4. The van der Waals surface area contributed by atoms with Crippen LogP contribution < -0.4 is 9.64 Å². The number of rotatable bonds is 2. The average molecular weight is 241 g/mol. The first kappa shape index (κ1) is 11.1. The maximum absolute atomic E-state index is 5.61. The summed E-state index contributed by atoms with van der Waals surface area (Å²) >= 11 is 0. The number of para-hydroxylation sites is 1. The maximum atomic E-state index is 5.61. The lowest BCUT2D eigenvalue weighted by Gasteiger charge is -2.31. The van der Waals surface area contributed by atoms with Crippen molar-refractivity contribution in [1.29, 1.82) is 0 Å². The number of benzene rings is 2. The molecule has 0 saturated carbocycles. The van der Waals surface area contributed by atoms with Crippen molar-refractivity contribution in [1.82, 2.24) is 0 Å². The molecule has 0 fully saturated rings. The van der Waals surface area contributed by atoms with E-state index >= 15 is 0 Å². The van der Waals surface area contributed by atoms with Gasteiger partial charge >= 0.3 is 0 Å². The predicted octanol–water partition coefficient (Wildman–Crippen LogP) is 3.32. The SMILES string of the molecule is COc1ccc(N2COCc3ccccc32)cc1. The van der Waals surface area contributed by atoms with Gasteiger partial charge in [0.25, 0.3) is 0 Å². The van der Waals surface area contributed by atoms with E-state index < -0.39 is 0 Å². The van der Waals surface area contributed by atoms with Crippen molar-refractivity contribution in [3.05, 3.63) is 54.1 Å². The highest BCUT2D eigenvalue weighted by Gasteiger charge is 2.17. The molecule has 0 bridgehead atoms. The minimum absolute atomic E-state index is 0.587. The van der Waals surface area contributed by atoms with Crippen LogP contribution in [-0.2, 0) is 11.3 Å². The molecule has 3 nitrogen and oxygen atoms in total. The van der Waals surface area contributed by atoms with Crippen LogP contribution in [0.25, 0.3) is 0 Å². The summed E-state index contributed by atoms with van der Waals surface area (Å²) in [7, 11) is 1.67. The van der Waals surface area contributed by atoms with Crippen molar-refractivity contribution in [2.24, 2.45) is 0 Å². The minimum atomic E-state index is 0.587. The smallest absolute Gasteiger partial charge is 0.123 e. The van der Waals surface area contributed by atoms with Crippen LogP contribution >= 0.6 is 0 Å².